The summed E-state index contributed by atoms with van der Waals surface area (Å²) < 4.78 is 0. The minimum absolute atomic E-state index is 0.847. The number of allylic oxidation sites excluding steroid dienone is 3. The molecule has 208 valence electrons. The summed E-state index contributed by atoms with van der Waals surface area (Å²) in [4.78, 5) is 2.30. The molecule has 0 radical (unpaired) electrons. The van der Waals surface area contributed by atoms with Crippen molar-refractivity contribution in [1.29, 1.82) is 0 Å². The third-order valence-electron chi connectivity index (χ3n) is 9.10. The van der Waals surface area contributed by atoms with Crippen molar-refractivity contribution in [2.75, 3.05) is 20.6 Å². The monoisotopic (exact) mass is 497 g/mol. The molecule has 0 unspecified atom stereocenters. The zero-order valence-corrected chi connectivity index (χ0v) is 24.8. The second-order valence-electron chi connectivity index (χ2n) is 13.1. The molecule has 1 nitrogen and oxygen atoms in total. The fraction of sp³-hybridized carbons (Fsp3) is 0.829. The third-order valence-corrected chi connectivity index (χ3v) is 9.10. The van der Waals surface area contributed by atoms with E-state index in [-0.39, 0.29) is 0 Å². The zero-order valence-electron chi connectivity index (χ0n) is 24.8. The molecule has 0 aliphatic heterocycles. The number of nitrogens with zero attached hydrogens (tertiary/aromatic N) is 1. The molecule has 0 saturated heterocycles. The predicted molar refractivity (Wildman–Crippen MR) is 163 cm³/mol. The van der Waals surface area contributed by atoms with Crippen LogP contribution in [-0.2, 0) is 0 Å². The molecule has 0 aromatic heterocycles. The van der Waals surface area contributed by atoms with Gasteiger partial charge in [0.2, 0.25) is 0 Å². The van der Waals surface area contributed by atoms with E-state index >= 15 is 0 Å². The molecule has 36 heavy (non-hydrogen) atoms. The summed E-state index contributed by atoms with van der Waals surface area (Å²) in [6.07, 6.45) is 31.5. The normalized spacial score (nSPS) is 17.0. The van der Waals surface area contributed by atoms with Gasteiger partial charge in [-0.1, -0.05) is 126 Å². The second kappa shape index (κ2) is 19.3. The number of rotatable bonds is 22. The second-order valence-corrected chi connectivity index (χ2v) is 13.1. The summed E-state index contributed by atoms with van der Waals surface area (Å²) in [5.41, 5.74) is 4.56. The first-order chi connectivity index (χ1) is 17.4. The molecule has 2 aliphatic carbocycles. The van der Waals surface area contributed by atoms with Gasteiger partial charge >= 0.3 is 0 Å². The molecule has 0 atom stereocenters. The molecular formula is C35H63N. The fourth-order valence-electron chi connectivity index (χ4n) is 6.92. The number of unbranched alkanes of at least 4 members (excludes halogenated alkanes) is 4. The van der Waals surface area contributed by atoms with Gasteiger partial charge in [-0.15, -0.1) is 0 Å². The molecule has 2 rings (SSSR count). The van der Waals surface area contributed by atoms with Crippen molar-refractivity contribution < 1.29 is 0 Å². The lowest BCUT2D eigenvalue weighted by molar-refractivity contribution is 0.383. The molecule has 0 N–H and O–H groups in total. The Kier molecular flexibility index (Phi) is 16.8. The average Bonchev–Trinajstić information content (AvgIpc) is 3.52. The highest BCUT2D eigenvalue weighted by atomic mass is 15.0. The van der Waals surface area contributed by atoms with Crippen LogP contribution in [0.1, 0.15) is 148 Å². The highest BCUT2D eigenvalue weighted by molar-refractivity contribution is 4.98. The first-order valence-corrected chi connectivity index (χ1v) is 16.1. The number of hydrogen-bond donors (Lipinski definition) is 0. The Morgan fingerprint density at radius 1 is 0.611 bits per heavy atom. The first kappa shape index (κ1) is 31.4. The lowest BCUT2D eigenvalue weighted by Crippen LogP contribution is -2.13. The molecule has 2 fully saturated rings. The summed E-state index contributed by atoms with van der Waals surface area (Å²) >= 11 is 0. The average molecular weight is 498 g/mol. The quantitative estimate of drug-likeness (QED) is 0.106. The molecule has 0 aromatic carbocycles. The fourth-order valence-corrected chi connectivity index (χ4v) is 6.92. The molecule has 1 heteroatoms. The van der Waals surface area contributed by atoms with Crippen molar-refractivity contribution in [2.45, 2.75) is 148 Å². The summed E-state index contributed by atoms with van der Waals surface area (Å²) in [6, 6.07) is 0. The van der Waals surface area contributed by atoms with Crippen molar-refractivity contribution in [2.24, 2.45) is 17.8 Å². The Morgan fingerprint density at radius 2 is 1.06 bits per heavy atom. The maximum absolute atomic E-state index is 4.48. The van der Waals surface area contributed by atoms with Gasteiger partial charge in [-0.25, -0.2) is 0 Å². The van der Waals surface area contributed by atoms with Crippen molar-refractivity contribution in [1.82, 2.24) is 4.90 Å². The highest BCUT2D eigenvalue weighted by Crippen LogP contribution is 2.33. The Hall–Kier alpha value is -0.820. The van der Waals surface area contributed by atoms with Crippen LogP contribution in [0.4, 0.5) is 0 Å². The molecular weight excluding hydrogens is 434 g/mol. The molecule has 2 saturated carbocycles. The molecule has 0 aromatic rings. The number of hydrogen-bond acceptors (Lipinski definition) is 1. The topological polar surface area (TPSA) is 3.24 Å². The van der Waals surface area contributed by atoms with E-state index in [1.54, 1.807) is 0 Å². The van der Waals surface area contributed by atoms with Gasteiger partial charge in [-0.3, -0.25) is 0 Å². The van der Waals surface area contributed by atoms with Crippen LogP contribution in [0.5, 0.6) is 0 Å². The van der Waals surface area contributed by atoms with Gasteiger partial charge in [0, 0.05) is 0 Å². The SMILES string of the molecule is C=C(CCCCCC(CCCCCC(=C)CC1CCCC1)CC(=C)CCCN(C)C)CC1CCCC1. The van der Waals surface area contributed by atoms with Crippen molar-refractivity contribution in [3.05, 3.63) is 36.5 Å². The lowest BCUT2D eigenvalue weighted by atomic mass is 9.87. The predicted octanol–water partition coefficient (Wildman–Crippen LogP) is 11.1. The van der Waals surface area contributed by atoms with E-state index in [9.17, 15) is 0 Å². The van der Waals surface area contributed by atoms with Gasteiger partial charge in [0.25, 0.3) is 0 Å². The summed E-state index contributed by atoms with van der Waals surface area (Å²) in [7, 11) is 4.35. The van der Waals surface area contributed by atoms with Crippen molar-refractivity contribution in [3.8, 4) is 0 Å². The molecule has 0 heterocycles. The van der Waals surface area contributed by atoms with E-state index in [0.29, 0.717) is 0 Å². The van der Waals surface area contributed by atoms with Crippen LogP contribution in [0.15, 0.2) is 36.5 Å². The Labute approximate surface area is 227 Å². The van der Waals surface area contributed by atoms with Crippen LogP contribution in [0.25, 0.3) is 0 Å². The minimum atomic E-state index is 0.847. The van der Waals surface area contributed by atoms with Gasteiger partial charge in [-0.05, 0) is 96.2 Å². The van der Waals surface area contributed by atoms with Crippen LogP contribution in [-0.4, -0.2) is 25.5 Å². The van der Waals surface area contributed by atoms with Gasteiger partial charge in [0.15, 0.2) is 0 Å². The summed E-state index contributed by atoms with van der Waals surface area (Å²) in [6.45, 7) is 14.5. The van der Waals surface area contributed by atoms with E-state index in [1.165, 1.54) is 171 Å². The maximum atomic E-state index is 4.48. The molecule has 0 amide bonds. The van der Waals surface area contributed by atoms with Crippen molar-refractivity contribution >= 4 is 0 Å². The molecule has 0 spiro atoms. The van der Waals surface area contributed by atoms with Crippen LogP contribution < -0.4 is 0 Å². The smallest absolute Gasteiger partial charge is 0.00218 e. The van der Waals surface area contributed by atoms with E-state index in [2.05, 4.69) is 38.7 Å². The Morgan fingerprint density at radius 3 is 1.50 bits per heavy atom. The van der Waals surface area contributed by atoms with Crippen LogP contribution in [0, 0.1) is 17.8 Å². The van der Waals surface area contributed by atoms with Crippen LogP contribution in [0.3, 0.4) is 0 Å². The Balaban J connectivity index is 1.61. The molecule has 0 bridgehead atoms. The van der Waals surface area contributed by atoms with E-state index in [0.717, 1.165) is 17.8 Å². The van der Waals surface area contributed by atoms with Gasteiger partial charge in [0.1, 0.15) is 0 Å². The zero-order chi connectivity index (χ0) is 26.0. The van der Waals surface area contributed by atoms with E-state index in [1.807, 2.05) is 0 Å². The largest absolute Gasteiger partial charge is 0.309 e. The third kappa shape index (κ3) is 15.4. The maximum Gasteiger partial charge on any atom is -0.00218 e. The Bertz CT molecular complexity index is 562. The summed E-state index contributed by atoms with van der Waals surface area (Å²) in [5.74, 6) is 2.76. The standard InChI is InChI=1S/C35H63N/c1-30(27-34-22-12-13-23-34)17-8-6-10-20-33(29-32(3)19-16-26-36(4)5)21-11-7-9-18-31(2)28-35-24-14-15-25-35/h33-35H,1-3,6-29H2,4-5H3. The van der Waals surface area contributed by atoms with Crippen molar-refractivity contribution in [3.63, 3.8) is 0 Å². The lowest BCUT2D eigenvalue weighted by Gasteiger charge is -2.19. The van der Waals surface area contributed by atoms with Crippen LogP contribution in [0.2, 0.25) is 0 Å². The van der Waals surface area contributed by atoms with Gasteiger partial charge < -0.3 is 4.90 Å². The summed E-state index contributed by atoms with van der Waals surface area (Å²) in [5, 5.41) is 0. The van der Waals surface area contributed by atoms with Gasteiger partial charge in [0.05, 0.1) is 0 Å². The van der Waals surface area contributed by atoms with E-state index < -0.39 is 0 Å². The minimum Gasteiger partial charge on any atom is -0.309 e. The molecule has 2 aliphatic rings. The first-order valence-electron chi connectivity index (χ1n) is 16.1. The van der Waals surface area contributed by atoms with Crippen LogP contribution >= 0.6 is 0 Å². The van der Waals surface area contributed by atoms with E-state index in [4.69, 9.17) is 0 Å². The van der Waals surface area contributed by atoms with Gasteiger partial charge in [-0.2, -0.15) is 0 Å². The highest BCUT2D eigenvalue weighted by Gasteiger charge is 2.17.